The Morgan fingerprint density at radius 2 is 1.63 bits per heavy atom. The lowest BCUT2D eigenvalue weighted by atomic mass is 10.2. The van der Waals surface area contributed by atoms with E-state index >= 15 is 0 Å². The van der Waals surface area contributed by atoms with Gasteiger partial charge in [-0.25, -0.2) is 0 Å². The predicted octanol–water partition coefficient (Wildman–Crippen LogP) is 2.46. The first-order valence-electron chi connectivity index (χ1n) is 6.10. The number of carbonyl (C=O) groups is 1. The summed E-state index contributed by atoms with van der Waals surface area (Å²) in [7, 11) is 4.60. The van der Waals surface area contributed by atoms with Crippen molar-refractivity contribution in [2.24, 2.45) is 0 Å². The molecule has 0 aromatic heterocycles. The predicted molar refractivity (Wildman–Crippen MR) is 71.5 cm³/mol. The van der Waals surface area contributed by atoms with Crippen LogP contribution in [0.3, 0.4) is 0 Å². The van der Waals surface area contributed by atoms with Gasteiger partial charge in [-0.2, -0.15) is 0 Å². The van der Waals surface area contributed by atoms with E-state index < -0.39 is 0 Å². The molecule has 1 aromatic rings. The lowest BCUT2D eigenvalue weighted by Gasteiger charge is -2.14. The summed E-state index contributed by atoms with van der Waals surface area (Å²) in [5.41, 5.74) is 0. The largest absolute Gasteiger partial charge is 0.493 e. The van der Waals surface area contributed by atoms with E-state index in [2.05, 4.69) is 0 Å². The van der Waals surface area contributed by atoms with E-state index in [0.717, 1.165) is 6.42 Å². The highest BCUT2D eigenvalue weighted by molar-refractivity contribution is 5.79. The van der Waals surface area contributed by atoms with Crippen LogP contribution in [0.1, 0.15) is 19.8 Å². The summed E-state index contributed by atoms with van der Waals surface area (Å²) in [6, 6.07) is 3.33. The minimum absolute atomic E-state index is 0.0481. The molecule has 0 atom stereocenters. The minimum Gasteiger partial charge on any atom is -0.493 e. The molecule has 0 aliphatic carbocycles. The van der Waals surface area contributed by atoms with E-state index in [-0.39, 0.29) is 12.4 Å². The first-order valence-corrected chi connectivity index (χ1v) is 6.10. The Bertz CT molecular complexity index is 403. The number of Topliss-reactive ketones (excluding diaryl/α,β-unsaturated/α-hetero) is 1. The van der Waals surface area contributed by atoms with Crippen LogP contribution in [0.15, 0.2) is 12.1 Å². The van der Waals surface area contributed by atoms with Crippen LogP contribution >= 0.6 is 0 Å². The number of carbonyl (C=O) groups excluding carboxylic acids is 1. The molecule has 0 aliphatic heterocycles. The zero-order valence-corrected chi connectivity index (χ0v) is 11.8. The highest BCUT2D eigenvalue weighted by atomic mass is 16.5. The van der Waals surface area contributed by atoms with Crippen molar-refractivity contribution in [1.82, 2.24) is 0 Å². The van der Waals surface area contributed by atoms with Crippen molar-refractivity contribution >= 4 is 5.78 Å². The second-order valence-electron chi connectivity index (χ2n) is 3.94. The fourth-order valence-corrected chi connectivity index (χ4v) is 1.66. The topological polar surface area (TPSA) is 54.0 Å². The fraction of sp³-hybridized carbons (Fsp3) is 0.500. The molecule has 0 radical (unpaired) electrons. The van der Waals surface area contributed by atoms with Gasteiger partial charge in [0.25, 0.3) is 0 Å². The number of hydrogen-bond donors (Lipinski definition) is 0. The Morgan fingerprint density at radius 3 is 2.05 bits per heavy atom. The molecule has 106 valence electrons. The zero-order chi connectivity index (χ0) is 14.3. The molecule has 1 rings (SSSR count). The molecule has 5 heteroatoms. The highest BCUT2D eigenvalue weighted by Gasteiger charge is 2.14. The standard InChI is InChI=1S/C14H20O5/c1-5-6-10(15)9-19-11-7-12(16-2)14(18-4)13(8-11)17-3/h7-8H,5-6,9H2,1-4H3. The summed E-state index contributed by atoms with van der Waals surface area (Å²) in [6.07, 6.45) is 1.34. The van der Waals surface area contributed by atoms with Crippen LogP contribution < -0.4 is 18.9 Å². The molecule has 0 saturated carbocycles. The van der Waals surface area contributed by atoms with E-state index in [0.29, 0.717) is 29.4 Å². The summed E-state index contributed by atoms with van der Waals surface area (Å²) in [5, 5.41) is 0. The first kappa shape index (κ1) is 15.1. The van der Waals surface area contributed by atoms with Crippen LogP contribution in [-0.2, 0) is 4.79 Å². The van der Waals surface area contributed by atoms with Gasteiger partial charge in [0.1, 0.15) is 12.4 Å². The molecule has 0 saturated heterocycles. The maximum absolute atomic E-state index is 11.4. The molecule has 0 bridgehead atoms. The molecule has 0 spiro atoms. The quantitative estimate of drug-likeness (QED) is 0.725. The first-order chi connectivity index (χ1) is 9.15. The summed E-state index contributed by atoms with van der Waals surface area (Å²) in [5.74, 6) is 2.08. The van der Waals surface area contributed by atoms with E-state index in [9.17, 15) is 4.79 Å². The second-order valence-corrected chi connectivity index (χ2v) is 3.94. The van der Waals surface area contributed by atoms with Gasteiger partial charge in [0, 0.05) is 18.6 Å². The molecule has 0 aliphatic rings. The second kappa shape index (κ2) is 7.51. The van der Waals surface area contributed by atoms with E-state index in [1.807, 2.05) is 6.92 Å². The normalized spacial score (nSPS) is 9.89. The van der Waals surface area contributed by atoms with Gasteiger partial charge in [-0.05, 0) is 6.42 Å². The Morgan fingerprint density at radius 1 is 1.05 bits per heavy atom. The van der Waals surface area contributed by atoms with Crippen LogP contribution in [0.25, 0.3) is 0 Å². The van der Waals surface area contributed by atoms with Gasteiger partial charge in [-0.15, -0.1) is 0 Å². The van der Waals surface area contributed by atoms with Gasteiger partial charge < -0.3 is 18.9 Å². The maximum atomic E-state index is 11.4. The lowest BCUT2D eigenvalue weighted by molar-refractivity contribution is -0.121. The Balaban J connectivity index is 2.87. The van der Waals surface area contributed by atoms with Crippen LogP contribution in [0.5, 0.6) is 23.0 Å². The molecular formula is C14H20O5. The Kier molecular flexibility index (Phi) is 5.99. The monoisotopic (exact) mass is 268 g/mol. The van der Waals surface area contributed by atoms with Crippen molar-refractivity contribution in [3.63, 3.8) is 0 Å². The minimum atomic E-state index is 0.0481. The van der Waals surface area contributed by atoms with E-state index in [4.69, 9.17) is 18.9 Å². The molecular weight excluding hydrogens is 248 g/mol. The van der Waals surface area contributed by atoms with Crippen molar-refractivity contribution < 1.29 is 23.7 Å². The summed E-state index contributed by atoms with van der Waals surface area (Å²) >= 11 is 0. The smallest absolute Gasteiger partial charge is 0.203 e. The third kappa shape index (κ3) is 4.05. The van der Waals surface area contributed by atoms with Crippen molar-refractivity contribution in [3.05, 3.63) is 12.1 Å². The SMILES string of the molecule is CCCC(=O)COc1cc(OC)c(OC)c(OC)c1. The van der Waals surface area contributed by atoms with Crippen molar-refractivity contribution in [1.29, 1.82) is 0 Å². The molecule has 0 unspecified atom stereocenters. The van der Waals surface area contributed by atoms with Crippen molar-refractivity contribution in [2.75, 3.05) is 27.9 Å². The average Bonchev–Trinajstić information content (AvgIpc) is 2.44. The highest BCUT2D eigenvalue weighted by Crippen LogP contribution is 2.40. The maximum Gasteiger partial charge on any atom is 0.203 e. The van der Waals surface area contributed by atoms with Crippen molar-refractivity contribution in [3.8, 4) is 23.0 Å². The van der Waals surface area contributed by atoms with Crippen molar-refractivity contribution in [2.45, 2.75) is 19.8 Å². The number of methoxy groups -OCH3 is 3. The molecule has 1 aromatic carbocycles. The summed E-state index contributed by atoms with van der Waals surface area (Å²) in [4.78, 5) is 11.4. The molecule has 0 heterocycles. The molecule has 0 amide bonds. The lowest BCUT2D eigenvalue weighted by Crippen LogP contribution is -2.10. The summed E-state index contributed by atoms with van der Waals surface area (Å²) in [6.45, 7) is 2.00. The van der Waals surface area contributed by atoms with Gasteiger partial charge in [0.2, 0.25) is 5.75 Å². The van der Waals surface area contributed by atoms with Gasteiger partial charge in [0.15, 0.2) is 17.3 Å². The van der Waals surface area contributed by atoms with E-state index in [1.54, 1.807) is 12.1 Å². The van der Waals surface area contributed by atoms with Crippen LogP contribution in [0, 0.1) is 0 Å². The third-order valence-electron chi connectivity index (χ3n) is 2.57. The number of rotatable bonds is 8. The van der Waals surface area contributed by atoms with Gasteiger partial charge in [-0.3, -0.25) is 4.79 Å². The summed E-state index contributed by atoms with van der Waals surface area (Å²) < 4.78 is 21.1. The van der Waals surface area contributed by atoms with Crippen LogP contribution in [0.4, 0.5) is 0 Å². The van der Waals surface area contributed by atoms with Gasteiger partial charge in [-0.1, -0.05) is 6.92 Å². The molecule has 0 fully saturated rings. The molecule has 5 nitrogen and oxygen atoms in total. The number of hydrogen-bond acceptors (Lipinski definition) is 5. The Labute approximate surface area is 113 Å². The molecule has 0 N–H and O–H groups in total. The van der Waals surface area contributed by atoms with Gasteiger partial charge >= 0.3 is 0 Å². The Hall–Kier alpha value is -1.91. The third-order valence-corrected chi connectivity index (χ3v) is 2.57. The molecule has 19 heavy (non-hydrogen) atoms. The number of ketones is 1. The number of ether oxygens (including phenoxy) is 4. The van der Waals surface area contributed by atoms with Crippen LogP contribution in [0.2, 0.25) is 0 Å². The average molecular weight is 268 g/mol. The van der Waals surface area contributed by atoms with E-state index in [1.165, 1.54) is 21.3 Å². The van der Waals surface area contributed by atoms with Gasteiger partial charge in [0.05, 0.1) is 21.3 Å². The fourth-order valence-electron chi connectivity index (χ4n) is 1.66. The number of benzene rings is 1. The van der Waals surface area contributed by atoms with Crippen LogP contribution in [-0.4, -0.2) is 33.7 Å². The zero-order valence-electron chi connectivity index (χ0n) is 11.8.